The van der Waals surface area contributed by atoms with Gasteiger partial charge >= 0.3 is 0 Å². The van der Waals surface area contributed by atoms with Crippen LogP contribution in [0.15, 0.2) is 59.2 Å². The summed E-state index contributed by atoms with van der Waals surface area (Å²) in [5.74, 6) is 0.806. The number of hydrogen-bond donors (Lipinski definition) is 1. The van der Waals surface area contributed by atoms with E-state index in [1.807, 2.05) is 29.3 Å². The average molecular weight is 308 g/mol. The molecule has 0 saturated heterocycles. The molecule has 1 aromatic carbocycles. The van der Waals surface area contributed by atoms with Crippen LogP contribution >= 0.6 is 23.2 Å². The Hall–Kier alpha value is -1.91. The fraction of sp³-hybridized carbons (Fsp3) is 0.0714. The molecule has 0 bridgehead atoms. The minimum absolute atomic E-state index is 0.173. The summed E-state index contributed by atoms with van der Waals surface area (Å²) in [5.41, 5.74) is 1.49. The van der Waals surface area contributed by atoms with Crippen LogP contribution in [0.25, 0.3) is 0 Å². The molecule has 0 radical (unpaired) electrons. The van der Waals surface area contributed by atoms with Gasteiger partial charge in [0.2, 0.25) is 0 Å². The monoisotopic (exact) mass is 307 g/mol. The molecule has 2 aliphatic heterocycles. The van der Waals surface area contributed by atoms with Crippen molar-refractivity contribution < 1.29 is 5.11 Å². The highest BCUT2D eigenvalue weighted by molar-refractivity contribution is 6.42. The minimum atomic E-state index is 0.173. The van der Waals surface area contributed by atoms with Gasteiger partial charge in [-0.3, -0.25) is 9.91 Å². The van der Waals surface area contributed by atoms with Crippen LogP contribution in [-0.2, 0) is 0 Å². The first-order valence-corrected chi connectivity index (χ1v) is 6.67. The van der Waals surface area contributed by atoms with E-state index in [0.717, 1.165) is 5.69 Å². The van der Waals surface area contributed by atoms with E-state index in [1.165, 1.54) is 0 Å². The zero-order chi connectivity index (χ0) is 14.3. The number of halogens is 2. The van der Waals surface area contributed by atoms with E-state index in [-0.39, 0.29) is 5.76 Å². The maximum Gasteiger partial charge on any atom is 0.168 e. The number of allylic oxidation sites excluding steroid dienone is 2. The largest absolute Gasteiger partial charge is 0.506 e. The van der Waals surface area contributed by atoms with Crippen molar-refractivity contribution in [1.82, 2.24) is 5.01 Å². The quantitative estimate of drug-likeness (QED) is 0.855. The summed E-state index contributed by atoms with van der Waals surface area (Å²) in [6.45, 7) is 0. The lowest BCUT2D eigenvalue weighted by atomic mass is 10.1. The smallest absolute Gasteiger partial charge is 0.168 e. The predicted molar refractivity (Wildman–Crippen MR) is 82.1 cm³/mol. The summed E-state index contributed by atoms with van der Waals surface area (Å²) in [6.07, 6.45) is 7.06. The fourth-order valence-corrected chi connectivity index (χ4v) is 2.36. The normalized spacial score (nSPS) is 17.4. The summed E-state index contributed by atoms with van der Waals surface area (Å²) in [4.78, 5) is 1.84. The van der Waals surface area contributed by atoms with E-state index >= 15 is 0 Å². The molecule has 102 valence electrons. The van der Waals surface area contributed by atoms with Crippen LogP contribution in [0.2, 0.25) is 10.0 Å². The first-order chi connectivity index (χ1) is 9.56. The van der Waals surface area contributed by atoms with Gasteiger partial charge in [-0.2, -0.15) is 5.10 Å². The van der Waals surface area contributed by atoms with Crippen molar-refractivity contribution in [3.63, 3.8) is 0 Å². The maximum absolute atomic E-state index is 10.0. The number of amidine groups is 1. The lowest BCUT2D eigenvalue weighted by Gasteiger charge is -2.30. The molecule has 0 amide bonds. The topological polar surface area (TPSA) is 39.1 Å². The van der Waals surface area contributed by atoms with Gasteiger partial charge in [-0.25, -0.2) is 0 Å². The standard InChI is InChI=1S/C14H11Cl2N3O/c1-18-8-13(20)10-3-2-6-19(14(10)17-18)9-4-5-11(15)12(16)7-9/h2-8,20H,1H3. The van der Waals surface area contributed by atoms with Crippen molar-refractivity contribution in [2.24, 2.45) is 5.10 Å². The van der Waals surface area contributed by atoms with Crippen molar-refractivity contribution in [2.75, 3.05) is 11.9 Å². The van der Waals surface area contributed by atoms with Gasteiger partial charge in [0.05, 0.1) is 21.8 Å². The molecule has 0 aliphatic carbocycles. The Labute approximate surface area is 126 Å². The Bertz CT molecular complexity index is 692. The van der Waals surface area contributed by atoms with Gasteiger partial charge in [-0.15, -0.1) is 0 Å². The van der Waals surface area contributed by atoms with Crippen molar-refractivity contribution in [2.45, 2.75) is 0 Å². The SMILES string of the molecule is CN1C=C(O)C2=CC=CN(c3ccc(Cl)c(Cl)c3)C2=N1. The zero-order valence-electron chi connectivity index (χ0n) is 10.6. The minimum Gasteiger partial charge on any atom is -0.506 e. The molecule has 0 aromatic heterocycles. The molecule has 20 heavy (non-hydrogen) atoms. The van der Waals surface area contributed by atoms with Crippen LogP contribution in [0.5, 0.6) is 0 Å². The summed E-state index contributed by atoms with van der Waals surface area (Å²) in [7, 11) is 1.76. The van der Waals surface area contributed by atoms with Crippen molar-refractivity contribution in [3.8, 4) is 0 Å². The second kappa shape index (κ2) is 4.89. The van der Waals surface area contributed by atoms with Crippen LogP contribution in [0.1, 0.15) is 0 Å². The number of hydrogen-bond acceptors (Lipinski definition) is 4. The summed E-state index contributed by atoms with van der Waals surface area (Å²) in [6, 6.07) is 5.34. The van der Waals surface area contributed by atoms with Crippen molar-refractivity contribution >= 4 is 34.7 Å². The molecule has 4 nitrogen and oxygen atoms in total. The molecular weight excluding hydrogens is 297 g/mol. The second-order valence-corrected chi connectivity index (χ2v) is 5.22. The van der Waals surface area contributed by atoms with Gasteiger partial charge in [0.15, 0.2) is 5.84 Å². The van der Waals surface area contributed by atoms with Gasteiger partial charge in [0.1, 0.15) is 5.76 Å². The number of aliphatic hydroxyl groups is 1. The van der Waals surface area contributed by atoms with Gasteiger partial charge < -0.3 is 5.11 Å². The Morgan fingerprint density at radius 2 is 2.00 bits per heavy atom. The van der Waals surface area contributed by atoms with E-state index in [4.69, 9.17) is 23.2 Å². The summed E-state index contributed by atoms with van der Waals surface area (Å²) >= 11 is 12.0. The van der Waals surface area contributed by atoms with Crippen LogP contribution in [0, 0.1) is 0 Å². The third-order valence-corrected chi connectivity index (χ3v) is 3.73. The zero-order valence-corrected chi connectivity index (χ0v) is 12.1. The summed E-state index contributed by atoms with van der Waals surface area (Å²) in [5, 5.41) is 16.9. The Morgan fingerprint density at radius 3 is 2.75 bits per heavy atom. The first kappa shape index (κ1) is 13.1. The number of anilines is 1. The highest BCUT2D eigenvalue weighted by atomic mass is 35.5. The van der Waals surface area contributed by atoms with E-state index < -0.39 is 0 Å². The number of benzene rings is 1. The fourth-order valence-electron chi connectivity index (χ4n) is 2.07. The molecule has 3 rings (SSSR count). The predicted octanol–water partition coefficient (Wildman–Crippen LogP) is 3.91. The molecule has 2 aliphatic rings. The molecule has 0 fully saturated rings. The van der Waals surface area contributed by atoms with Gasteiger partial charge in [-0.05, 0) is 30.4 Å². The van der Waals surface area contributed by atoms with Gasteiger partial charge in [0.25, 0.3) is 0 Å². The molecule has 0 saturated carbocycles. The summed E-state index contributed by atoms with van der Waals surface area (Å²) < 4.78 is 0. The lowest BCUT2D eigenvalue weighted by Crippen LogP contribution is -2.34. The van der Waals surface area contributed by atoms with Gasteiger partial charge in [-0.1, -0.05) is 23.2 Å². The Kier molecular flexibility index (Phi) is 3.20. The third-order valence-electron chi connectivity index (χ3n) is 2.99. The number of hydrazone groups is 1. The Balaban J connectivity index is 2.05. The highest BCUT2D eigenvalue weighted by Gasteiger charge is 2.25. The van der Waals surface area contributed by atoms with Crippen LogP contribution < -0.4 is 4.90 Å². The highest BCUT2D eigenvalue weighted by Crippen LogP contribution is 2.31. The molecular formula is C14H11Cl2N3O. The van der Waals surface area contributed by atoms with E-state index in [2.05, 4.69) is 5.10 Å². The second-order valence-electron chi connectivity index (χ2n) is 4.40. The molecule has 0 atom stereocenters. The van der Waals surface area contributed by atoms with Crippen molar-refractivity contribution in [1.29, 1.82) is 0 Å². The molecule has 1 aromatic rings. The molecule has 2 heterocycles. The third kappa shape index (κ3) is 2.17. The lowest BCUT2D eigenvalue weighted by molar-refractivity contribution is 0.381. The number of rotatable bonds is 1. The number of aliphatic hydroxyl groups excluding tert-OH is 1. The van der Waals surface area contributed by atoms with E-state index in [1.54, 1.807) is 30.4 Å². The molecule has 0 spiro atoms. The van der Waals surface area contributed by atoms with Crippen LogP contribution in [0.3, 0.4) is 0 Å². The number of nitrogens with zero attached hydrogens (tertiary/aromatic N) is 3. The van der Waals surface area contributed by atoms with Crippen LogP contribution in [-0.4, -0.2) is 23.0 Å². The number of fused-ring (bicyclic) bond motifs is 1. The van der Waals surface area contributed by atoms with E-state index in [9.17, 15) is 5.11 Å². The molecule has 0 unspecified atom stereocenters. The van der Waals surface area contributed by atoms with E-state index in [0.29, 0.717) is 21.5 Å². The Morgan fingerprint density at radius 1 is 1.20 bits per heavy atom. The first-order valence-electron chi connectivity index (χ1n) is 5.92. The maximum atomic E-state index is 10.0. The molecule has 6 heteroatoms. The van der Waals surface area contributed by atoms with Crippen LogP contribution in [0.4, 0.5) is 5.69 Å². The van der Waals surface area contributed by atoms with Crippen molar-refractivity contribution in [3.05, 3.63) is 64.1 Å². The molecule has 1 N–H and O–H groups in total. The average Bonchev–Trinajstić information content (AvgIpc) is 2.41. The van der Waals surface area contributed by atoms with Gasteiger partial charge in [0, 0.05) is 18.9 Å².